The van der Waals surface area contributed by atoms with Crippen LogP contribution in [0.4, 0.5) is 4.39 Å². The highest BCUT2D eigenvalue weighted by Crippen LogP contribution is 2.18. The van der Waals surface area contributed by atoms with Crippen LogP contribution in [0, 0.1) is 5.82 Å². The van der Waals surface area contributed by atoms with Crippen LogP contribution in [0.2, 0.25) is 0 Å². The molecule has 1 heterocycles. The second kappa shape index (κ2) is 4.41. The van der Waals surface area contributed by atoms with Crippen LogP contribution in [0.15, 0.2) is 42.6 Å². The summed E-state index contributed by atoms with van der Waals surface area (Å²) in [6.45, 7) is 0. The van der Waals surface area contributed by atoms with Crippen LogP contribution in [-0.4, -0.2) is 4.98 Å². The predicted molar refractivity (Wildman–Crippen MR) is 59.2 cm³/mol. The fraction of sp³-hybridized carbons (Fsp3) is 0.0833. The lowest BCUT2D eigenvalue weighted by Gasteiger charge is -2.01. The number of pyridine rings is 1. The molecule has 15 heavy (non-hydrogen) atoms. The van der Waals surface area contributed by atoms with Gasteiger partial charge >= 0.3 is 0 Å². The molecule has 0 aliphatic carbocycles. The molecule has 1 aromatic heterocycles. The van der Waals surface area contributed by atoms with Gasteiger partial charge in [0.05, 0.1) is 11.6 Å². The van der Waals surface area contributed by atoms with Crippen LogP contribution >= 0.6 is 11.6 Å². The highest BCUT2D eigenvalue weighted by molar-refractivity contribution is 6.16. The summed E-state index contributed by atoms with van der Waals surface area (Å²) in [5.41, 5.74) is 2.75. The molecule has 3 heteroatoms. The number of alkyl halides is 1. The number of benzene rings is 1. The molecule has 76 valence electrons. The molecule has 0 bridgehead atoms. The molecule has 2 rings (SSSR count). The SMILES string of the molecule is Fc1ccc(-c2ccc(CCl)nc2)cc1. The van der Waals surface area contributed by atoms with Gasteiger partial charge in [-0.25, -0.2) is 4.39 Å². The van der Waals surface area contributed by atoms with Gasteiger partial charge in [-0.2, -0.15) is 0 Å². The molecule has 0 aliphatic heterocycles. The minimum Gasteiger partial charge on any atom is -0.259 e. The average molecular weight is 222 g/mol. The van der Waals surface area contributed by atoms with E-state index in [1.165, 1.54) is 12.1 Å². The van der Waals surface area contributed by atoms with Crippen LogP contribution in [0.5, 0.6) is 0 Å². The second-order valence-electron chi connectivity index (χ2n) is 3.18. The highest BCUT2D eigenvalue weighted by atomic mass is 35.5. The largest absolute Gasteiger partial charge is 0.259 e. The Hall–Kier alpha value is -1.41. The lowest BCUT2D eigenvalue weighted by molar-refractivity contribution is 0.628. The van der Waals surface area contributed by atoms with Gasteiger partial charge in [-0.05, 0) is 23.8 Å². The maximum Gasteiger partial charge on any atom is 0.123 e. The van der Waals surface area contributed by atoms with Crippen molar-refractivity contribution in [3.63, 3.8) is 0 Å². The van der Waals surface area contributed by atoms with Crippen molar-refractivity contribution in [3.8, 4) is 11.1 Å². The maximum atomic E-state index is 12.7. The zero-order chi connectivity index (χ0) is 10.7. The number of hydrogen-bond acceptors (Lipinski definition) is 1. The second-order valence-corrected chi connectivity index (χ2v) is 3.45. The summed E-state index contributed by atoms with van der Waals surface area (Å²) in [4.78, 5) is 4.17. The van der Waals surface area contributed by atoms with Crippen LogP contribution in [0.1, 0.15) is 5.69 Å². The van der Waals surface area contributed by atoms with Crippen LogP contribution in [-0.2, 0) is 5.88 Å². The predicted octanol–water partition coefficient (Wildman–Crippen LogP) is 3.63. The molecule has 1 nitrogen and oxygen atoms in total. The van der Waals surface area contributed by atoms with E-state index < -0.39 is 0 Å². The van der Waals surface area contributed by atoms with Gasteiger partial charge in [-0.15, -0.1) is 11.6 Å². The lowest BCUT2D eigenvalue weighted by Crippen LogP contribution is -1.85. The van der Waals surface area contributed by atoms with Crippen molar-refractivity contribution >= 4 is 11.6 Å². The quantitative estimate of drug-likeness (QED) is 0.706. The Morgan fingerprint density at radius 3 is 2.20 bits per heavy atom. The molecule has 0 saturated carbocycles. The number of hydrogen-bond donors (Lipinski definition) is 0. The smallest absolute Gasteiger partial charge is 0.123 e. The molecule has 0 fully saturated rings. The zero-order valence-electron chi connectivity index (χ0n) is 7.95. The van der Waals surface area contributed by atoms with E-state index in [1.54, 1.807) is 18.3 Å². The summed E-state index contributed by atoms with van der Waals surface area (Å²) < 4.78 is 12.7. The Kier molecular flexibility index (Phi) is 2.97. The molecular formula is C12H9ClFN. The molecule has 0 saturated heterocycles. The van der Waals surface area contributed by atoms with Crippen LogP contribution < -0.4 is 0 Å². The van der Waals surface area contributed by atoms with Gasteiger partial charge in [-0.3, -0.25) is 4.98 Å². The summed E-state index contributed by atoms with van der Waals surface area (Å²) in [6.07, 6.45) is 1.74. The van der Waals surface area contributed by atoms with Crippen molar-refractivity contribution in [3.05, 3.63) is 54.1 Å². The van der Waals surface area contributed by atoms with E-state index in [9.17, 15) is 4.39 Å². The number of rotatable bonds is 2. The number of halogens is 2. The van der Waals surface area contributed by atoms with Crippen LogP contribution in [0.3, 0.4) is 0 Å². The maximum absolute atomic E-state index is 12.7. The monoisotopic (exact) mass is 221 g/mol. The summed E-state index contributed by atoms with van der Waals surface area (Å²) in [7, 11) is 0. The minimum absolute atomic E-state index is 0.232. The van der Waals surface area contributed by atoms with E-state index in [4.69, 9.17) is 11.6 Å². The Balaban J connectivity index is 2.33. The Bertz CT molecular complexity index is 436. The van der Waals surface area contributed by atoms with Crippen molar-refractivity contribution < 1.29 is 4.39 Å². The zero-order valence-corrected chi connectivity index (χ0v) is 8.71. The molecule has 1 aromatic carbocycles. The minimum atomic E-state index is -0.232. The van der Waals surface area contributed by atoms with Crippen molar-refractivity contribution in [2.75, 3.05) is 0 Å². The summed E-state index contributed by atoms with van der Waals surface area (Å²) in [5.74, 6) is 0.174. The van der Waals surface area contributed by atoms with Crippen molar-refractivity contribution in [2.45, 2.75) is 5.88 Å². The van der Waals surface area contributed by atoms with Gasteiger partial charge in [0.1, 0.15) is 5.82 Å². The topological polar surface area (TPSA) is 12.9 Å². The van der Waals surface area contributed by atoms with Crippen LogP contribution in [0.25, 0.3) is 11.1 Å². The van der Waals surface area contributed by atoms with Gasteiger partial charge in [0.15, 0.2) is 0 Å². The third-order valence-electron chi connectivity index (χ3n) is 2.14. The molecule has 0 spiro atoms. The number of nitrogens with zero attached hydrogens (tertiary/aromatic N) is 1. The van der Waals surface area contributed by atoms with E-state index in [0.717, 1.165) is 16.8 Å². The normalized spacial score (nSPS) is 10.3. The first-order chi connectivity index (χ1) is 7.29. The number of aromatic nitrogens is 1. The summed E-state index contributed by atoms with van der Waals surface area (Å²) in [5, 5.41) is 0. The first kappa shape index (κ1) is 10.1. The highest BCUT2D eigenvalue weighted by Gasteiger charge is 1.98. The molecular weight excluding hydrogens is 213 g/mol. The average Bonchev–Trinajstić information content (AvgIpc) is 2.30. The van der Waals surface area contributed by atoms with Crippen molar-refractivity contribution in [2.24, 2.45) is 0 Å². The van der Waals surface area contributed by atoms with Gasteiger partial charge in [0.25, 0.3) is 0 Å². The molecule has 0 atom stereocenters. The van der Waals surface area contributed by atoms with Crippen molar-refractivity contribution in [1.82, 2.24) is 4.98 Å². The van der Waals surface area contributed by atoms with E-state index in [0.29, 0.717) is 5.88 Å². The van der Waals surface area contributed by atoms with E-state index >= 15 is 0 Å². The first-order valence-electron chi connectivity index (χ1n) is 4.56. The first-order valence-corrected chi connectivity index (χ1v) is 5.10. The van der Waals surface area contributed by atoms with Gasteiger partial charge in [-0.1, -0.05) is 18.2 Å². The molecule has 2 aromatic rings. The molecule has 0 amide bonds. The lowest BCUT2D eigenvalue weighted by atomic mass is 10.1. The Morgan fingerprint density at radius 2 is 1.67 bits per heavy atom. The summed E-state index contributed by atoms with van der Waals surface area (Å²) >= 11 is 5.63. The van der Waals surface area contributed by atoms with Crippen molar-refractivity contribution in [1.29, 1.82) is 0 Å². The van der Waals surface area contributed by atoms with Gasteiger partial charge < -0.3 is 0 Å². The Morgan fingerprint density at radius 1 is 1.00 bits per heavy atom. The fourth-order valence-corrected chi connectivity index (χ4v) is 1.47. The van der Waals surface area contributed by atoms with E-state index in [-0.39, 0.29) is 5.82 Å². The molecule has 0 N–H and O–H groups in total. The molecule has 0 radical (unpaired) electrons. The van der Waals surface area contributed by atoms with E-state index in [1.807, 2.05) is 12.1 Å². The summed E-state index contributed by atoms with van der Waals surface area (Å²) in [6, 6.07) is 10.1. The fourth-order valence-electron chi connectivity index (χ4n) is 1.32. The van der Waals surface area contributed by atoms with E-state index in [2.05, 4.69) is 4.98 Å². The molecule has 0 unspecified atom stereocenters. The standard InChI is InChI=1S/C12H9ClFN/c13-7-12-6-3-10(8-15-12)9-1-4-11(14)5-2-9/h1-6,8H,7H2. The Labute approximate surface area is 92.5 Å². The van der Waals surface area contributed by atoms with Gasteiger partial charge in [0.2, 0.25) is 0 Å². The van der Waals surface area contributed by atoms with Gasteiger partial charge in [0, 0.05) is 11.8 Å². The third kappa shape index (κ3) is 2.34. The third-order valence-corrected chi connectivity index (χ3v) is 2.41. The molecule has 0 aliphatic rings.